The van der Waals surface area contributed by atoms with Gasteiger partial charge in [0.25, 0.3) is 0 Å². The van der Waals surface area contributed by atoms with Crippen molar-refractivity contribution in [2.24, 2.45) is 0 Å². The summed E-state index contributed by atoms with van der Waals surface area (Å²) in [5.41, 5.74) is 2.26. The third-order valence-electron chi connectivity index (χ3n) is 3.36. The van der Waals surface area contributed by atoms with E-state index in [1.54, 1.807) is 6.08 Å². The Bertz CT molecular complexity index is 767. The Morgan fingerprint density at radius 1 is 0.692 bits per heavy atom. The fraction of sp³-hybridized carbons (Fsp3) is 0.353. The zero-order valence-corrected chi connectivity index (χ0v) is 18.6. The van der Waals surface area contributed by atoms with E-state index in [-0.39, 0.29) is 22.9 Å². The molecule has 2 rings (SSSR count). The van der Waals surface area contributed by atoms with Gasteiger partial charge in [0.05, 0.1) is 0 Å². The molecule has 0 bridgehead atoms. The van der Waals surface area contributed by atoms with Crippen LogP contribution in [-0.4, -0.2) is 15.0 Å². The van der Waals surface area contributed by atoms with Crippen LogP contribution in [0.3, 0.4) is 0 Å². The molecule has 0 saturated heterocycles. The summed E-state index contributed by atoms with van der Waals surface area (Å²) in [6.45, 7) is 6.46. The monoisotopic (exact) mass is 471 g/mol. The van der Waals surface area contributed by atoms with Crippen LogP contribution in [0.15, 0.2) is 24.3 Å². The molecule has 0 amide bonds. The maximum atomic E-state index is 5.85. The standard InChI is InChI=1S/C17H15Cl6N3/c1-15(2,3)11-7-4-10(5-8-11)6-9-12-24-13(16(18,19)20)26-14(25-12)17(21,22)23/h4-9H,1-3H3. The Balaban J connectivity index is 2.37. The number of benzene rings is 1. The Kier molecular flexibility index (Phi) is 6.76. The van der Waals surface area contributed by atoms with E-state index < -0.39 is 7.59 Å². The normalized spacial score (nSPS) is 13.4. The summed E-state index contributed by atoms with van der Waals surface area (Å²) in [6.07, 6.45) is 3.44. The summed E-state index contributed by atoms with van der Waals surface area (Å²) in [4.78, 5) is 12.1. The number of rotatable bonds is 2. The summed E-state index contributed by atoms with van der Waals surface area (Å²) in [6, 6.07) is 8.10. The number of aromatic nitrogens is 3. The number of alkyl halides is 6. The molecule has 0 atom stereocenters. The van der Waals surface area contributed by atoms with E-state index in [1.165, 1.54) is 5.56 Å². The van der Waals surface area contributed by atoms with Gasteiger partial charge < -0.3 is 0 Å². The average molecular weight is 474 g/mol. The van der Waals surface area contributed by atoms with Gasteiger partial charge in [0, 0.05) is 0 Å². The second kappa shape index (κ2) is 7.98. The fourth-order valence-electron chi connectivity index (χ4n) is 1.99. The van der Waals surface area contributed by atoms with Crippen LogP contribution in [0.25, 0.3) is 12.2 Å². The lowest BCUT2D eigenvalue weighted by Gasteiger charge is -2.18. The number of hydrogen-bond donors (Lipinski definition) is 0. The Morgan fingerprint density at radius 2 is 1.15 bits per heavy atom. The maximum Gasteiger partial charge on any atom is 0.250 e. The third kappa shape index (κ3) is 6.12. The molecule has 0 saturated carbocycles. The largest absolute Gasteiger partial charge is 0.250 e. The number of halogens is 6. The lowest BCUT2D eigenvalue weighted by atomic mass is 9.87. The van der Waals surface area contributed by atoms with Crippen LogP contribution in [0.1, 0.15) is 49.4 Å². The Morgan fingerprint density at radius 3 is 1.54 bits per heavy atom. The molecular formula is C17H15Cl6N3. The quantitative estimate of drug-likeness (QED) is 0.441. The minimum atomic E-state index is -1.87. The Hall–Kier alpha value is -0.290. The molecule has 0 N–H and O–H groups in total. The number of hydrogen-bond acceptors (Lipinski definition) is 3. The van der Waals surface area contributed by atoms with Gasteiger partial charge in [0.15, 0.2) is 17.5 Å². The third-order valence-corrected chi connectivity index (χ3v) is 4.38. The first-order chi connectivity index (χ1) is 11.8. The smallest absolute Gasteiger partial charge is 0.209 e. The molecule has 1 aromatic carbocycles. The summed E-state index contributed by atoms with van der Waals surface area (Å²) in [5, 5.41) is 0. The van der Waals surface area contributed by atoms with Gasteiger partial charge in [-0.2, -0.15) is 0 Å². The highest BCUT2D eigenvalue weighted by atomic mass is 35.6. The highest BCUT2D eigenvalue weighted by Crippen LogP contribution is 2.40. The highest BCUT2D eigenvalue weighted by Gasteiger charge is 2.33. The summed E-state index contributed by atoms with van der Waals surface area (Å²) >= 11 is 35.1. The molecule has 9 heteroatoms. The van der Waals surface area contributed by atoms with Gasteiger partial charge in [-0.3, -0.25) is 0 Å². The van der Waals surface area contributed by atoms with Crippen LogP contribution in [-0.2, 0) is 13.0 Å². The molecule has 1 heterocycles. The molecule has 0 spiro atoms. The summed E-state index contributed by atoms with van der Waals surface area (Å²) in [7, 11) is 0. The van der Waals surface area contributed by atoms with Crippen molar-refractivity contribution in [2.45, 2.75) is 33.8 Å². The lowest BCUT2D eigenvalue weighted by molar-refractivity contribution is 0.590. The molecule has 0 aliphatic heterocycles. The SMILES string of the molecule is CC(C)(C)c1ccc(C=Cc2nc(C(Cl)(Cl)Cl)nc(C(Cl)(Cl)Cl)n2)cc1. The van der Waals surface area contributed by atoms with Crippen LogP contribution in [0.2, 0.25) is 0 Å². The van der Waals surface area contributed by atoms with E-state index in [1.807, 2.05) is 18.2 Å². The van der Waals surface area contributed by atoms with E-state index >= 15 is 0 Å². The van der Waals surface area contributed by atoms with E-state index in [4.69, 9.17) is 69.6 Å². The highest BCUT2D eigenvalue weighted by molar-refractivity contribution is 6.67. The Labute approximate surface area is 182 Å². The molecule has 26 heavy (non-hydrogen) atoms. The molecule has 0 fully saturated rings. The van der Waals surface area contributed by atoms with Gasteiger partial charge >= 0.3 is 0 Å². The molecule has 140 valence electrons. The minimum absolute atomic E-state index is 0.0784. The van der Waals surface area contributed by atoms with Crippen molar-refractivity contribution >= 4 is 81.8 Å². The lowest BCUT2D eigenvalue weighted by Crippen LogP contribution is -2.16. The van der Waals surface area contributed by atoms with Gasteiger partial charge in [-0.25, -0.2) is 15.0 Å². The molecule has 0 radical (unpaired) electrons. The molecule has 0 aliphatic rings. The molecule has 3 nitrogen and oxygen atoms in total. The minimum Gasteiger partial charge on any atom is -0.209 e. The van der Waals surface area contributed by atoms with Gasteiger partial charge in [0.1, 0.15) is 0 Å². The average Bonchev–Trinajstić information content (AvgIpc) is 2.50. The molecule has 0 unspecified atom stereocenters. The molecular weight excluding hydrogens is 459 g/mol. The van der Waals surface area contributed by atoms with E-state index in [0.29, 0.717) is 0 Å². The number of nitrogens with zero attached hydrogens (tertiary/aromatic N) is 3. The van der Waals surface area contributed by atoms with Crippen molar-refractivity contribution in [3.05, 3.63) is 52.9 Å². The predicted molar refractivity (Wildman–Crippen MR) is 112 cm³/mol. The van der Waals surface area contributed by atoms with Crippen molar-refractivity contribution in [2.75, 3.05) is 0 Å². The molecule has 2 aromatic rings. The van der Waals surface area contributed by atoms with Crippen molar-refractivity contribution in [3.63, 3.8) is 0 Å². The first-order valence-corrected chi connectivity index (χ1v) is 9.73. The van der Waals surface area contributed by atoms with Crippen LogP contribution >= 0.6 is 69.6 Å². The zero-order chi connectivity index (χ0) is 19.8. The van der Waals surface area contributed by atoms with E-state index in [9.17, 15) is 0 Å². The second-order valence-electron chi connectivity index (χ2n) is 6.54. The fourth-order valence-corrected chi connectivity index (χ4v) is 2.49. The van der Waals surface area contributed by atoms with Crippen LogP contribution < -0.4 is 0 Å². The van der Waals surface area contributed by atoms with E-state index in [2.05, 4.69) is 47.9 Å². The van der Waals surface area contributed by atoms with Gasteiger partial charge in [0.2, 0.25) is 7.59 Å². The first-order valence-electron chi connectivity index (χ1n) is 7.46. The first kappa shape index (κ1) is 22.0. The van der Waals surface area contributed by atoms with Gasteiger partial charge in [-0.15, -0.1) is 0 Å². The van der Waals surface area contributed by atoms with Crippen molar-refractivity contribution < 1.29 is 0 Å². The van der Waals surface area contributed by atoms with Crippen LogP contribution in [0.4, 0.5) is 0 Å². The van der Waals surface area contributed by atoms with Crippen molar-refractivity contribution in [1.82, 2.24) is 15.0 Å². The summed E-state index contributed by atoms with van der Waals surface area (Å²) in [5.74, 6) is -0.0364. The second-order valence-corrected chi connectivity index (χ2v) is 11.1. The van der Waals surface area contributed by atoms with Crippen molar-refractivity contribution in [1.29, 1.82) is 0 Å². The maximum absolute atomic E-state index is 5.85. The van der Waals surface area contributed by atoms with E-state index in [0.717, 1.165) is 5.56 Å². The van der Waals surface area contributed by atoms with Crippen LogP contribution in [0, 0.1) is 0 Å². The van der Waals surface area contributed by atoms with Gasteiger partial charge in [-0.1, -0.05) is 121 Å². The predicted octanol–water partition coefficient (Wildman–Crippen LogP) is 6.99. The zero-order valence-electron chi connectivity index (χ0n) is 14.1. The van der Waals surface area contributed by atoms with Gasteiger partial charge in [-0.05, 0) is 22.6 Å². The molecule has 1 aromatic heterocycles. The van der Waals surface area contributed by atoms with Crippen molar-refractivity contribution in [3.8, 4) is 0 Å². The topological polar surface area (TPSA) is 38.7 Å². The summed E-state index contributed by atoms with van der Waals surface area (Å²) < 4.78 is -3.74. The van der Waals surface area contributed by atoms with Crippen LogP contribution in [0.5, 0.6) is 0 Å². The molecule has 0 aliphatic carbocycles.